The van der Waals surface area contributed by atoms with Gasteiger partial charge in [0.05, 0.1) is 12.9 Å². The molecule has 1 aromatic heterocycles. The number of esters is 1. The first-order valence-electron chi connectivity index (χ1n) is 6.39. The van der Waals surface area contributed by atoms with Crippen molar-refractivity contribution >= 4 is 17.7 Å². The van der Waals surface area contributed by atoms with E-state index in [2.05, 4.69) is 26.4 Å². The first-order valence-corrected chi connectivity index (χ1v) is 7.37. The van der Waals surface area contributed by atoms with Crippen LogP contribution in [0.2, 0.25) is 0 Å². The van der Waals surface area contributed by atoms with Crippen LogP contribution in [0.25, 0.3) is 0 Å². The number of carbonyl (C=O) groups is 1. The van der Waals surface area contributed by atoms with E-state index in [1.54, 1.807) is 0 Å². The lowest BCUT2D eigenvalue weighted by atomic mass is 10.1. The zero-order valence-corrected chi connectivity index (χ0v) is 11.7. The number of methoxy groups -OCH3 is 1. The highest BCUT2D eigenvalue weighted by atomic mass is 32.2. The molecule has 0 spiro atoms. The minimum Gasteiger partial charge on any atom is -0.468 e. The topological polar surface area (TPSA) is 57.0 Å². The van der Waals surface area contributed by atoms with Gasteiger partial charge in [-0.3, -0.25) is 4.79 Å². The van der Waals surface area contributed by atoms with E-state index >= 15 is 0 Å². The van der Waals surface area contributed by atoms with Crippen molar-refractivity contribution < 1.29 is 9.53 Å². The number of hydrogen-bond acceptors (Lipinski definition) is 5. The number of aromatic nitrogens is 3. The van der Waals surface area contributed by atoms with E-state index in [0.29, 0.717) is 11.7 Å². The lowest BCUT2D eigenvalue weighted by Gasteiger charge is -2.11. The molecule has 1 aliphatic carbocycles. The van der Waals surface area contributed by atoms with Crippen LogP contribution >= 0.6 is 11.8 Å². The van der Waals surface area contributed by atoms with Gasteiger partial charge in [-0.25, -0.2) is 0 Å². The van der Waals surface area contributed by atoms with Crippen LogP contribution in [0.5, 0.6) is 0 Å². The molecule has 0 aliphatic heterocycles. The molecule has 0 amide bonds. The van der Waals surface area contributed by atoms with E-state index in [-0.39, 0.29) is 5.97 Å². The Morgan fingerprint density at radius 3 is 2.78 bits per heavy atom. The fraction of sp³-hybridized carbons (Fsp3) is 0.750. The summed E-state index contributed by atoms with van der Waals surface area (Å²) >= 11 is 1.40. The molecule has 0 unspecified atom stereocenters. The maximum Gasteiger partial charge on any atom is 0.316 e. The summed E-state index contributed by atoms with van der Waals surface area (Å²) < 4.78 is 6.76. The predicted octanol–water partition coefficient (Wildman–Crippen LogP) is 2.22. The summed E-state index contributed by atoms with van der Waals surface area (Å²) in [5, 5.41) is 9.34. The Morgan fingerprint density at radius 2 is 2.17 bits per heavy atom. The largest absolute Gasteiger partial charge is 0.468 e. The van der Waals surface area contributed by atoms with E-state index in [4.69, 9.17) is 0 Å². The summed E-state index contributed by atoms with van der Waals surface area (Å²) in [5.41, 5.74) is 0. The summed E-state index contributed by atoms with van der Waals surface area (Å²) in [6, 6.07) is 0. The van der Waals surface area contributed by atoms with Gasteiger partial charge in [-0.1, -0.05) is 24.6 Å². The fourth-order valence-corrected chi connectivity index (χ4v) is 3.21. The molecule has 0 aromatic carbocycles. The molecule has 0 atom stereocenters. The third kappa shape index (κ3) is 2.85. The van der Waals surface area contributed by atoms with Crippen molar-refractivity contribution in [2.45, 2.75) is 50.2 Å². The smallest absolute Gasteiger partial charge is 0.316 e. The number of ether oxygens (including phenoxy) is 1. The lowest BCUT2D eigenvalue weighted by Crippen LogP contribution is -2.08. The molecule has 1 aromatic rings. The fourth-order valence-electron chi connectivity index (χ4n) is 2.37. The Labute approximate surface area is 111 Å². The highest BCUT2D eigenvalue weighted by Crippen LogP contribution is 2.34. The summed E-state index contributed by atoms with van der Waals surface area (Å²) in [4.78, 5) is 11.1. The van der Waals surface area contributed by atoms with Crippen LogP contribution in [0.4, 0.5) is 0 Å². The van der Waals surface area contributed by atoms with Crippen molar-refractivity contribution in [2.75, 3.05) is 12.9 Å². The van der Waals surface area contributed by atoms with E-state index in [1.807, 2.05) is 0 Å². The second-order valence-corrected chi connectivity index (χ2v) is 5.37. The molecule has 1 saturated carbocycles. The van der Waals surface area contributed by atoms with Crippen molar-refractivity contribution in [2.24, 2.45) is 0 Å². The van der Waals surface area contributed by atoms with Gasteiger partial charge in [0.1, 0.15) is 5.82 Å². The molecule has 0 saturated heterocycles. The van der Waals surface area contributed by atoms with Gasteiger partial charge in [0.2, 0.25) is 0 Å². The number of nitrogens with zero attached hydrogens (tertiary/aromatic N) is 3. The Kier molecular flexibility index (Phi) is 4.63. The third-order valence-corrected chi connectivity index (χ3v) is 4.27. The van der Waals surface area contributed by atoms with Gasteiger partial charge in [-0.15, -0.1) is 10.2 Å². The van der Waals surface area contributed by atoms with Gasteiger partial charge in [0.25, 0.3) is 0 Å². The lowest BCUT2D eigenvalue weighted by molar-refractivity contribution is -0.137. The summed E-state index contributed by atoms with van der Waals surface area (Å²) in [5.74, 6) is 1.69. The molecule has 5 nitrogen and oxygen atoms in total. The van der Waals surface area contributed by atoms with Crippen molar-refractivity contribution in [1.82, 2.24) is 14.8 Å². The monoisotopic (exact) mass is 269 g/mol. The Hall–Kier alpha value is -1.04. The number of hydrogen-bond donors (Lipinski definition) is 0. The average molecular weight is 269 g/mol. The molecular formula is C12H19N3O2S. The van der Waals surface area contributed by atoms with E-state index in [9.17, 15) is 4.79 Å². The van der Waals surface area contributed by atoms with Crippen LogP contribution in [0, 0.1) is 0 Å². The minimum atomic E-state index is -0.229. The van der Waals surface area contributed by atoms with Crippen molar-refractivity contribution in [3.8, 4) is 0 Å². The van der Waals surface area contributed by atoms with Crippen LogP contribution in [0.1, 0.15) is 44.3 Å². The molecule has 0 bridgehead atoms. The van der Waals surface area contributed by atoms with Crippen LogP contribution in [0.3, 0.4) is 0 Å². The van der Waals surface area contributed by atoms with Crippen molar-refractivity contribution in [3.05, 3.63) is 5.82 Å². The van der Waals surface area contributed by atoms with Crippen molar-refractivity contribution in [3.63, 3.8) is 0 Å². The first-order chi connectivity index (χ1) is 8.76. The molecule has 18 heavy (non-hydrogen) atoms. The average Bonchev–Trinajstić information content (AvgIpc) is 3.03. The van der Waals surface area contributed by atoms with E-state index in [1.165, 1.54) is 44.6 Å². The third-order valence-electron chi connectivity index (χ3n) is 3.33. The molecule has 1 aliphatic rings. The molecule has 2 rings (SSSR count). The molecule has 1 fully saturated rings. The first kappa shape index (κ1) is 13.4. The number of thioether (sulfide) groups is 1. The summed E-state index contributed by atoms with van der Waals surface area (Å²) in [7, 11) is 1.40. The predicted molar refractivity (Wildman–Crippen MR) is 69.6 cm³/mol. The van der Waals surface area contributed by atoms with Crippen LogP contribution < -0.4 is 0 Å². The van der Waals surface area contributed by atoms with Gasteiger partial charge >= 0.3 is 5.97 Å². The highest BCUT2D eigenvalue weighted by molar-refractivity contribution is 7.99. The molecule has 100 valence electrons. The summed E-state index contributed by atoms with van der Waals surface area (Å²) in [6.07, 6.45) is 4.98. The van der Waals surface area contributed by atoms with Gasteiger partial charge < -0.3 is 9.30 Å². The zero-order valence-electron chi connectivity index (χ0n) is 10.9. The van der Waals surface area contributed by atoms with Crippen LogP contribution in [0.15, 0.2) is 5.16 Å². The molecular weight excluding hydrogens is 250 g/mol. The van der Waals surface area contributed by atoms with E-state index < -0.39 is 0 Å². The second kappa shape index (κ2) is 6.22. The Balaban J connectivity index is 2.08. The summed E-state index contributed by atoms with van der Waals surface area (Å²) in [6.45, 7) is 2.94. The van der Waals surface area contributed by atoms with Gasteiger partial charge in [0, 0.05) is 12.5 Å². The number of carbonyl (C=O) groups excluding carboxylic acids is 1. The Morgan fingerprint density at radius 1 is 1.44 bits per heavy atom. The normalized spacial score (nSPS) is 16.1. The SMILES string of the molecule is CCn1c(SCC(=O)OC)nnc1C1CCCC1. The van der Waals surface area contributed by atoms with Crippen LogP contribution in [-0.4, -0.2) is 33.6 Å². The Bertz CT molecular complexity index is 413. The van der Waals surface area contributed by atoms with Crippen molar-refractivity contribution in [1.29, 1.82) is 0 Å². The highest BCUT2D eigenvalue weighted by Gasteiger charge is 2.24. The second-order valence-electron chi connectivity index (χ2n) is 4.43. The molecule has 0 N–H and O–H groups in total. The number of rotatable bonds is 5. The molecule has 0 radical (unpaired) electrons. The minimum absolute atomic E-state index is 0.229. The van der Waals surface area contributed by atoms with Gasteiger partial charge in [-0.2, -0.15) is 0 Å². The van der Waals surface area contributed by atoms with Gasteiger partial charge in [0.15, 0.2) is 5.16 Å². The van der Waals surface area contributed by atoms with Gasteiger partial charge in [-0.05, 0) is 19.8 Å². The maximum absolute atomic E-state index is 11.1. The quantitative estimate of drug-likeness (QED) is 0.606. The molecule has 6 heteroatoms. The van der Waals surface area contributed by atoms with Crippen LogP contribution in [-0.2, 0) is 16.1 Å². The van der Waals surface area contributed by atoms with E-state index in [0.717, 1.165) is 17.5 Å². The standard InChI is InChI=1S/C12H19N3O2S/c1-3-15-11(9-6-4-5-7-9)13-14-12(15)18-8-10(16)17-2/h9H,3-8H2,1-2H3. The zero-order chi connectivity index (χ0) is 13.0. The maximum atomic E-state index is 11.1. The molecule has 1 heterocycles.